The Morgan fingerprint density at radius 2 is 2.22 bits per heavy atom. The number of amides is 3. The highest BCUT2D eigenvalue weighted by molar-refractivity contribution is 8.15. The molecule has 3 amide bonds. The van der Waals surface area contributed by atoms with Gasteiger partial charge in [-0.25, -0.2) is 4.90 Å². The minimum Gasteiger partial charge on any atom is -0.497 e. The number of benzene rings is 1. The predicted octanol–water partition coefficient (Wildman–Crippen LogP) is 1.15. The monoisotopic (exact) mass is 338 g/mol. The van der Waals surface area contributed by atoms with Crippen LogP contribution >= 0.6 is 11.8 Å². The second-order valence-electron chi connectivity index (χ2n) is 4.88. The summed E-state index contributed by atoms with van der Waals surface area (Å²) >= 11 is 0.844. The molecule has 2 N–H and O–H groups in total. The molecule has 1 atom stereocenters. The summed E-state index contributed by atoms with van der Waals surface area (Å²) in [4.78, 5) is 37.3. The number of imide groups is 1. The largest absolute Gasteiger partial charge is 0.497 e. The highest BCUT2D eigenvalue weighted by Gasteiger charge is 2.41. The van der Waals surface area contributed by atoms with E-state index in [9.17, 15) is 14.4 Å². The zero-order chi connectivity index (χ0) is 16.8. The van der Waals surface area contributed by atoms with Crippen LogP contribution in [0, 0.1) is 0 Å². The van der Waals surface area contributed by atoms with Crippen molar-refractivity contribution in [3.8, 4) is 5.75 Å². The maximum atomic E-state index is 12.4. The number of nitrogens with one attached hydrogen (secondary N) is 1. The smallest absolute Gasteiger partial charge is 0.293 e. The molecule has 0 saturated carbocycles. The van der Waals surface area contributed by atoms with Gasteiger partial charge in [-0.15, -0.1) is 0 Å². The Morgan fingerprint density at radius 1 is 1.43 bits per heavy atom. The van der Waals surface area contributed by atoms with Crippen LogP contribution in [0.4, 0.5) is 10.5 Å². The van der Waals surface area contributed by atoms with Gasteiger partial charge in [-0.3, -0.25) is 14.4 Å². The van der Waals surface area contributed by atoms with Crippen molar-refractivity contribution in [3.05, 3.63) is 24.3 Å². The van der Waals surface area contributed by atoms with Crippen LogP contribution in [0.25, 0.3) is 0 Å². The highest BCUT2D eigenvalue weighted by Crippen LogP contribution is 2.34. The standard InChI is InChI=1S/C15H18N2O5S/c1-22-11-5-2-4-10(8-11)17-14(20)12(23-15(17)21)9-13(19)16-6-3-7-18/h2,4-5,8,12,18H,3,6-7,9H2,1H3,(H,16,19). The second-order valence-corrected chi connectivity index (χ2v) is 6.03. The van der Waals surface area contributed by atoms with Crippen LogP contribution in [0.15, 0.2) is 24.3 Å². The maximum absolute atomic E-state index is 12.4. The number of hydrogen-bond acceptors (Lipinski definition) is 6. The van der Waals surface area contributed by atoms with E-state index in [0.29, 0.717) is 24.4 Å². The molecule has 2 rings (SSSR count). The summed E-state index contributed by atoms with van der Waals surface area (Å²) in [5.74, 6) is -0.187. The van der Waals surface area contributed by atoms with E-state index in [1.54, 1.807) is 24.3 Å². The summed E-state index contributed by atoms with van der Waals surface area (Å²) in [5, 5.41) is 10.1. The summed E-state index contributed by atoms with van der Waals surface area (Å²) in [6.45, 7) is 0.327. The van der Waals surface area contributed by atoms with Gasteiger partial charge >= 0.3 is 0 Å². The molecular weight excluding hydrogens is 320 g/mol. The van der Waals surface area contributed by atoms with Crippen molar-refractivity contribution in [3.63, 3.8) is 0 Å². The second kappa shape index (κ2) is 7.98. The van der Waals surface area contributed by atoms with Crippen molar-refractivity contribution in [2.45, 2.75) is 18.1 Å². The number of methoxy groups -OCH3 is 1. The molecule has 0 aromatic heterocycles. The molecule has 1 unspecified atom stereocenters. The van der Waals surface area contributed by atoms with Gasteiger partial charge in [-0.05, 0) is 30.3 Å². The van der Waals surface area contributed by atoms with Gasteiger partial charge in [0.25, 0.3) is 5.24 Å². The van der Waals surface area contributed by atoms with E-state index < -0.39 is 16.4 Å². The number of thioether (sulfide) groups is 1. The molecule has 1 aliphatic rings. The lowest BCUT2D eigenvalue weighted by molar-refractivity contribution is -0.124. The van der Waals surface area contributed by atoms with Crippen LogP contribution in [0.1, 0.15) is 12.8 Å². The van der Waals surface area contributed by atoms with E-state index >= 15 is 0 Å². The number of aliphatic hydroxyl groups excluding tert-OH is 1. The zero-order valence-corrected chi connectivity index (χ0v) is 13.5. The Labute approximate surface area is 138 Å². The van der Waals surface area contributed by atoms with Crippen LogP contribution in [-0.2, 0) is 9.59 Å². The number of anilines is 1. The van der Waals surface area contributed by atoms with Crippen molar-refractivity contribution in [2.75, 3.05) is 25.2 Å². The fraction of sp³-hybridized carbons (Fsp3) is 0.400. The van der Waals surface area contributed by atoms with Crippen LogP contribution < -0.4 is 15.0 Å². The molecule has 1 heterocycles. The molecule has 23 heavy (non-hydrogen) atoms. The van der Waals surface area contributed by atoms with E-state index in [-0.39, 0.29) is 18.9 Å². The van der Waals surface area contributed by atoms with E-state index in [4.69, 9.17) is 9.84 Å². The Kier molecular flexibility index (Phi) is 6.00. The minimum atomic E-state index is -0.733. The summed E-state index contributed by atoms with van der Waals surface area (Å²) in [6.07, 6.45) is 0.382. The number of hydrogen-bond donors (Lipinski definition) is 2. The third-order valence-electron chi connectivity index (χ3n) is 3.26. The molecule has 1 saturated heterocycles. The van der Waals surface area contributed by atoms with Crippen LogP contribution in [0.3, 0.4) is 0 Å². The molecule has 1 aliphatic heterocycles. The van der Waals surface area contributed by atoms with Gasteiger partial charge in [0, 0.05) is 25.6 Å². The first-order valence-corrected chi connectivity index (χ1v) is 8.01. The van der Waals surface area contributed by atoms with Crippen molar-refractivity contribution in [1.82, 2.24) is 5.32 Å². The molecule has 0 radical (unpaired) electrons. The summed E-state index contributed by atoms with van der Waals surface area (Å²) < 4.78 is 5.09. The SMILES string of the molecule is COc1cccc(N2C(=O)SC(CC(=O)NCCCO)C2=O)c1. The lowest BCUT2D eigenvalue weighted by Gasteiger charge is -2.14. The third kappa shape index (κ3) is 4.23. The maximum Gasteiger partial charge on any atom is 0.293 e. The van der Waals surface area contributed by atoms with E-state index in [1.807, 2.05) is 0 Å². The average molecular weight is 338 g/mol. The summed E-state index contributed by atoms with van der Waals surface area (Å²) in [7, 11) is 1.50. The van der Waals surface area contributed by atoms with Crippen molar-refractivity contribution in [1.29, 1.82) is 0 Å². The number of rotatable bonds is 7. The number of carbonyl (C=O) groups excluding carboxylic acids is 3. The quantitative estimate of drug-likeness (QED) is 0.724. The first-order valence-electron chi connectivity index (χ1n) is 7.13. The fourth-order valence-corrected chi connectivity index (χ4v) is 3.10. The first-order chi connectivity index (χ1) is 11.1. The Morgan fingerprint density at radius 3 is 2.91 bits per heavy atom. The Hall–Kier alpha value is -2.06. The Bertz CT molecular complexity index is 607. The molecular formula is C15H18N2O5S. The van der Waals surface area contributed by atoms with E-state index in [0.717, 1.165) is 16.7 Å². The molecule has 124 valence electrons. The first kappa shape index (κ1) is 17.3. The molecule has 0 bridgehead atoms. The molecule has 7 nitrogen and oxygen atoms in total. The molecule has 1 aromatic carbocycles. The molecule has 0 aliphatic carbocycles. The highest BCUT2D eigenvalue weighted by atomic mass is 32.2. The van der Waals surface area contributed by atoms with E-state index in [2.05, 4.69) is 5.32 Å². The normalized spacial score (nSPS) is 17.5. The molecule has 8 heteroatoms. The number of ether oxygens (including phenoxy) is 1. The third-order valence-corrected chi connectivity index (χ3v) is 4.30. The zero-order valence-electron chi connectivity index (χ0n) is 12.7. The predicted molar refractivity (Wildman–Crippen MR) is 86.6 cm³/mol. The van der Waals surface area contributed by atoms with Gasteiger partial charge < -0.3 is 15.2 Å². The van der Waals surface area contributed by atoms with E-state index in [1.165, 1.54) is 7.11 Å². The summed E-state index contributed by atoms with van der Waals surface area (Å²) in [5.41, 5.74) is 0.426. The van der Waals surface area contributed by atoms with Gasteiger partial charge in [0.2, 0.25) is 11.8 Å². The molecule has 0 spiro atoms. The van der Waals surface area contributed by atoms with Crippen LogP contribution in [0.2, 0.25) is 0 Å². The van der Waals surface area contributed by atoms with Gasteiger partial charge in [-0.2, -0.15) is 0 Å². The van der Waals surface area contributed by atoms with Crippen LogP contribution in [-0.4, -0.2) is 47.7 Å². The van der Waals surface area contributed by atoms with Crippen molar-refractivity contribution < 1.29 is 24.2 Å². The van der Waals surface area contributed by atoms with Crippen molar-refractivity contribution in [2.24, 2.45) is 0 Å². The van der Waals surface area contributed by atoms with Crippen LogP contribution in [0.5, 0.6) is 5.75 Å². The average Bonchev–Trinajstić information content (AvgIpc) is 2.81. The Balaban J connectivity index is 2.03. The number of carbonyl (C=O) groups is 3. The molecule has 1 fully saturated rings. The molecule has 1 aromatic rings. The fourth-order valence-electron chi connectivity index (χ4n) is 2.12. The number of nitrogens with zero attached hydrogens (tertiary/aromatic N) is 1. The van der Waals surface area contributed by atoms with Gasteiger partial charge in [-0.1, -0.05) is 6.07 Å². The van der Waals surface area contributed by atoms with Gasteiger partial charge in [0.1, 0.15) is 11.0 Å². The summed E-state index contributed by atoms with van der Waals surface area (Å²) in [6, 6.07) is 6.64. The number of aliphatic hydroxyl groups is 1. The van der Waals surface area contributed by atoms with Crippen molar-refractivity contribution >= 4 is 34.5 Å². The van der Waals surface area contributed by atoms with Gasteiger partial charge in [0.15, 0.2) is 0 Å². The minimum absolute atomic E-state index is 0.0144. The van der Waals surface area contributed by atoms with Gasteiger partial charge in [0.05, 0.1) is 12.8 Å². The topological polar surface area (TPSA) is 95.9 Å². The lowest BCUT2D eigenvalue weighted by atomic mass is 10.2. The lowest BCUT2D eigenvalue weighted by Crippen LogP contribution is -2.34.